The molecule has 0 aliphatic rings. The van der Waals surface area contributed by atoms with Crippen molar-refractivity contribution in [3.8, 4) is 5.75 Å². The summed E-state index contributed by atoms with van der Waals surface area (Å²) in [6, 6.07) is 6.75. The van der Waals surface area contributed by atoms with Gasteiger partial charge in [0, 0.05) is 14.1 Å². The molecule has 0 radical (unpaired) electrons. The number of carbonyl (C=O) groups is 1. The van der Waals surface area contributed by atoms with E-state index in [0.29, 0.717) is 18.0 Å². The fraction of sp³-hybridized carbons (Fsp3) is 0.462. The molecule has 0 N–H and O–H groups in total. The topological polar surface area (TPSA) is 66.9 Å². The summed E-state index contributed by atoms with van der Waals surface area (Å²) in [7, 11) is -0.420. The van der Waals surface area contributed by atoms with Crippen LogP contribution < -0.4 is 9.04 Å². The van der Waals surface area contributed by atoms with Gasteiger partial charge in [0.15, 0.2) is 0 Å². The molecule has 0 atom stereocenters. The maximum atomic E-state index is 11.9. The third-order valence-corrected chi connectivity index (χ3v) is 3.74. The Morgan fingerprint density at radius 2 is 1.85 bits per heavy atom. The molecule has 7 heteroatoms. The summed E-state index contributed by atoms with van der Waals surface area (Å²) in [5, 5.41) is 0. The summed E-state index contributed by atoms with van der Waals surface area (Å²) in [4.78, 5) is 13.2. The molecule has 1 rings (SSSR count). The highest BCUT2D eigenvalue weighted by molar-refractivity contribution is 7.92. The van der Waals surface area contributed by atoms with Crippen LogP contribution in [0.4, 0.5) is 5.69 Å². The van der Waals surface area contributed by atoms with Gasteiger partial charge in [-0.05, 0) is 19.1 Å². The molecule has 0 unspecified atom stereocenters. The van der Waals surface area contributed by atoms with Crippen LogP contribution in [0.5, 0.6) is 5.75 Å². The zero-order chi connectivity index (χ0) is 15.3. The second kappa shape index (κ2) is 6.60. The van der Waals surface area contributed by atoms with Crippen LogP contribution in [0.15, 0.2) is 24.3 Å². The summed E-state index contributed by atoms with van der Waals surface area (Å²) >= 11 is 0. The quantitative estimate of drug-likeness (QED) is 0.784. The Kier molecular flexibility index (Phi) is 5.38. The molecule has 0 aliphatic heterocycles. The van der Waals surface area contributed by atoms with E-state index >= 15 is 0 Å². The molecule has 0 fully saturated rings. The lowest BCUT2D eigenvalue weighted by molar-refractivity contribution is -0.127. The Bertz CT molecular complexity index is 569. The average Bonchev–Trinajstić information content (AvgIpc) is 2.35. The van der Waals surface area contributed by atoms with Crippen molar-refractivity contribution < 1.29 is 17.9 Å². The number of benzene rings is 1. The fourth-order valence-electron chi connectivity index (χ4n) is 1.59. The smallest absolute Gasteiger partial charge is 0.242 e. The summed E-state index contributed by atoms with van der Waals surface area (Å²) in [5.41, 5.74) is 0.368. The average molecular weight is 300 g/mol. The van der Waals surface area contributed by atoms with Crippen LogP contribution in [-0.4, -0.2) is 52.7 Å². The van der Waals surface area contributed by atoms with Crippen molar-refractivity contribution in [1.82, 2.24) is 4.90 Å². The third kappa shape index (κ3) is 4.12. The first-order valence-electron chi connectivity index (χ1n) is 6.17. The van der Waals surface area contributed by atoms with Crippen LogP contribution in [0.3, 0.4) is 0 Å². The van der Waals surface area contributed by atoms with E-state index in [9.17, 15) is 13.2 Å². The predicted octanol–water partition coefficient (Wildman–Crippen LogP) is 0.940. The van der Waals surface area contributed by atoms with E-state index in [1.165, 1.54) is 4.90 Å². The molecule has 0 spiro atoms. The van der Waals surface area contributed by atoms with Crippen molar-refractivity contribution in [3.63, 3.8) is 0 Å². The van der Waals surface area contributed by atoms with E-state index in [2.05, 4.69) is 0 Å². The highest BCUT2D eigenvalue weighted by Crippen LogP contribution is 2.29. The van der Waals surface area contributed by atoms with Crippen LogP contribution in [-0.2, 0) is 14.8 Å². The molecule has 0 aliphatic carbocycles. The molecular formula is C13H20N2O4S. The maximum Gasteiger partial charge on any atom is 0.242 e. The van der Waals surface area contributed by atoms with Crippen LogP contribution in [0.2, 0.25) is 0 Å². The first kappa shape index (κ1) is 16.3. The number of para-hydroxylation sites is 2. The minimum Gasteiger partial charge on any atom is -0.492 e. The largest absolute Gasteiger partial charge is 0.492 e. The molecule has 112 valence electrons. The second-order valence-corrected chi connectivity index (χ2v) is 6.37. The van der Waals surface area contributed by atoms with Crippen molar-refractivity contribution in [3.05, 3.63) is 24.3 Å². The van der Waals surface area contributed by atoms with Crippen LogP contribution in [0.25, 0.3) is 0 Å². The van der Waals surface area contributed by atoms with E-state index in [1.54, 1.807) is 38.4 Å². The molecular weight excluding hydrogens is 280 g/mol. The lowest BCUT2D eigenvalue weighted by atomic mass is 10.3. The maximum absolute atomic E-state index is 11.9. The van der Waals surface area contributed by atoms with Crippen molar-refractivity contribution in [2.75, 3.05) is 37.8 Å². The lowest BCUT2D eigenvalue weighted by Gasteiger charge is -2.25. The van der Waals surface area contributed by atoms with Gasteiger partial charge in [-0.2, -0.15) is 0 Å². The summed E-state index contributed by atoms with van der Waals surface area (Å²) in [5.74, 6) is 0.133. The Hall–Kier alpha value is -1.76. The van der Waals surface area contributed by atoms with E-state index in [4.69, 9.17) is 4.74 Å². The van der Waals surface area contributed by atoms with Crippen molar-refractivity contribution >= 4 is 21.6 Å². The lowest BCUT2D eigenvalue weighted by Crippen LogP contribution is -2.40. The van der Waals surface area contributed by atoms with Gasteiger partial charge in [0.05, 0.1) is 18.6 Å². The van der Waals surface area contributed by atoms with E-state index in [-0.39, 0.29) is 12.5 Å². The minimum atomic E-state index is -3.58. The number of nitrogens with zero attached hydrogens (tertiary/aromatic N) is 2. The number of carbonyl (C=O) groups excluding carboxylic acids is 1. The van der Waals surface area contributed by atoms with Gasteiger partial charge in [0.1, 0.15) is 12.3 Å². The zero-order valence-electron chi connectivity index (χ0n) is 12.2. The van der Waals surface area contributed by atoms with Gasteiger partial charge in [-0.25, -0.2) is 8.42 Å². The summed E-state index contributed by atoms with van der Waals surface area (Å²) in [6.07, 6.45) is 1.07. The molecule has 0 aromatic heterocycles. The first-order valence-corrected chi connectivity index (χ1v) is 8.02. The number of sulfonamides is 1. The Morgan fingerprint density at radius 1 is 1.25 bits per heavy atom. The van der Waals surface area contributed by atoms with Gasteiger partial charge in [0.25, 0.3) is 0 Å². The van der Waals surface area contributed by atoms with Crippen LogP contribution in [0.1, 0.15) is 6.92 Å². The number of anilines is 1. The molecule has 1 aromatic carbocycles. The van der Waals surface area contributed by atoms with Gasteiger partial charge in [-0.15, -0.1) is 0 Å². The molecule has 0 saturated carbocycles. The minimum absolute atomic E-state index is 0.254. The standard InChI is InChI=1S/C13H20N2O4S/c1-5-19-12-9-7-6-8-11(12)15(20(4,17)18)10-13(16)14(2)3/h6-9H,5,10H2,1-4H3. The monoisotopic (exact) mass is 300 g/mol. The predicted molar refractivity (Wildman–Crippen MR) is 78.5 cm³/mol. The van der Waals surface area contributed by atoms with Gasteiger partial charge < -0.3 is 9.64 Å². The zero-order valence-corrected chi connectivity index (χ0v) is 13.0. The number of hydrogen-bond acceptors (Lipinski definition) is 4. The van der Waals surface area contributed by atoms with E-state index < -0.39 is 10.0 Å². The highest BCUT2D eigenvalue weighted by atomic mass is 32.2. The second-order valence-electron chi connectivity index (χ2n) is 4.46. The first-order chi connectivity index (χ1) is 9.27. The van der Waals surface area contributed by atoms with Crippen LogP contribution >= 0.6 is 0 Å². The molecule has 20 heavy (non-hydrogen) atoms. The molecule has 0 heterocycles. The van der Waals surface area contributed by atoms with Crippen molar-refractivity contribution in [1.29, 1.82) is 0 Å². The Morgan fingerprint density at radius 3 is 2.35 bits per heavy atom. The van der Waals surface area contributed by atoms with Gasteiger partial charge in [-0.1, -0.05) is 12.1 Å². The Balaban J connectivity index is 3.22. The molecule has 6 nitrogen and oxygen atoms in total. The number of ether oxygens (including phenoxy) is 1. The van der Waals surface area contributed by atoms with Crippen molar-refractivity contribution in [2.24, 2.45) is 0 Å². The molecule has 1 amide bonds. The molecule has 0 saturated heterocycles. The molecule has 0 bridgehead atoms. The van der Waals surface area contributed by atoms with Gasteiger partial charge >= 0.3 is 0 Å². The number of amides is 1. The molecule has 1 aromatic rings. The summed E-state index contributed by atoms with van der Waals surface area (Å²) in [6.45, 7) is 1.97. The third-order valence-electron chi connectivity index (χ3n) is 2.61. The number of likely N-dealkylation sites (N-methyl/N-ethyl adjacent to an activating group) is 1. The van der Waals surface area contributed by atoms with Gasteiger partial charge in [0.2, 0.25) is 15.9 Å². The Labute approximate surface area is 120 Å². The normalized spacial score (nSPS) is 11.0. The SMILES string of the molecule is CCOc1ccccc1N(CC(=O)N(C)C)S(C)(=O)=O. The highest BCUT2D eigenvalue weighted by Gasteiger charge is 2.24. The van der Waals surface area contributed by atoms with Crippen molar-refractivity contribution in [2.45, 2.75) is 6.92 Å². The van der Waals surface area contributed by atoms with Gasteiger partial charge in [-0.3, -0.25) is 9.10 Å². The van der Waals surface area contributed by atoms with E-state index in [1.807, 2.05) is 6.92 Å². The summed E-state index contributed by atoms with van der Waals surface area (Å²) < 4.78 is 30.4. The van der Waals surface area contributed by atoms with Crippen LogP contribution in [0, 0.1) is 0 Å². The van der Waals surface area contributed by atoms with E-state index in [0.717, 1.165) is 10.6 Å². The number of hydrogen-bond donors (Lipinski definition) is 0. The fourth-order valence-corrected chi connectivity index (χ4v) is 2.44. The number of rotatable bonds is 6.